The summed E-state index contributed by atoms with van der Waals surface area (Å²) in [6.45, 7) is 0.823. The molecule has 1 aromatic heterocycles. The number of aliphatic hydroxyl groups is 1. The van der Waals surface area contributed by atoms with Crippen molar-refractivity contribution in [1.82, 2.24) is 9.78 Å². The smallest absolute Gasteiger partial charge is 0.0992 e. The fourth-order valence-corrected chi connectivity index (χ4v) is 2.60. The van der Waals surface area contributed by atoms with Crippen molar-refractivity contribution in [2.75, 3.05) is 6.61 Å². The summed E-state index contributed by atoms with van der Waals surface area (Å²) in [6.07, 6.45) is 4.19. The highest BCUT2D eigenvalue weighted by Crippen LogP contribution is 2.29. The molecule has 84 valence electrons. The summed E-state index contributed by atoms with van der Waals surface area (Å²) in [6, 6.07) is 0. The van der Waals surface area contributed by atoms with Gasteiger partial charge < -0.3 is 9.84 Å². The van der Waals surface area contributed by atoms with Crippen molar-refractivity contribution < 1.29 is 9.84 Å². The van der Waals surface area contributed by atoms with Crippen molar-refractivity contribution in [3.05, 3.63) is 16.4 Å². The summed E-state index contributed by atoms with van der Waals surface area (Å²) >= 11 is 3.38. The van der Waals surface area contributed by atoms with Crippen LogP contribution in [0.25, 0.3) is 0 Å². The van der Waals surface area contributed by atoms with Crippen LogP contribution < -0.4 is 0 Å². The van der Waals surface area contributed by atoms with E-state index in [9.17, 15) is 5.11 Å². The van der Waals surface area contributed by atoms with Crippen molar-refractivity contribution in [3.63, 3.8) is 0 Å². The normalized spacial score (nSPS) is 23.3. The van der Waals surface area contributed by atoms with Crippen LogP contribution in [-0.2, 0) is 11.8 Å². The Labute approximate surface area is 97.4 Å². The molecule has 0 aromatic carbocycles. The molecular weight excluding hydrogens is 260 g/mol. The Kier molecular flexibility index (Phi) is 3.43. The van der Waals surface area contributed by atoms with Gasteiger partial charge in [0.15, 0.2) is 0 Å². The highest BCUT2D eigenvalue weighted by molar-refractivity contribution is 9.10. The van der Waals surface area contributed by atoms with Gasteiger partial charge in [0.05, 0.1) is 28.6 Å². The second-order valence-electron chi connectivity index (χ2n) is 3.89. The van der Waals surface area contributed by atoms with E-state index in [1.54, 1.807) is 10.9 Å². The Bertz CT molecular complexity index is 315. The first-order valence-electron chi connectivity index (χ1n) is 5.15. The van der Waals surface area contributed by atoms with Crippen LogP contribution in [0.15, 0.2) is 10.7 Å². The number of ether oxygens (including phenoxy) is 1. The number of hydrogen-bond acceptors (Lipinski definition) is 3. The minimum Gasteiger partial charge on any atom is -0.387 e. The third-order valence-corrected chi connectivity index (χ3v) is 3.37. The molecule has 1 aliphatic heterocycles. The standard InChI is InChI=1S/C10H15BrN2O2/c1-13-10(8(11)6-12-13)9(14)5-7-3-2-4-15-7/h6-7,9,14H,2-5H2,1H3. The van der Waals surface area contributed by atoms with E-state index in [1.165, 1.54) is 0 Å². The van der Waals surface area contributed by atoms with Gasteiger partial charge in [0.2, 0.25) is 0 Å². The summed E-state index contributed by atoms with van der Waals surface area (Å²) in [4.78, 5) is 0. The lowest BCUT2D eigenvalue weighted by Crippen LogP contribution is -2.14. The van der Waals surface area contributed by atoms with Crippen molar-refractivity contribution >= 4 is 15.9 Å². The zero-order valence-electron chi connectivity index (χ0n) is 8.69. The monoisotopic (exact) mass is 274 g/mol. The average Bonchev–Trinajstić information content (AvgIpc) is 2.77. The van der Waals surface area contributed by atoms with Gasteiger partial charge in [-0.15, -0.1) is 0 Å². The van der Waals surface area contributed by atoms with Crippen molar-refractivity contribution in [2.45, 2.75) is 31.5 Å². The quantitative estimate of drug-likeness (QED) is 0.914. The fraction of sp³-hybridized carbons (Fsp3) is 0.700. The minimum atomic E-state index is -0.505. The fourth-order valence-electron chi connectivity index (χ4n) is 1.99. The van der Waals surface area contributed by atoms with E-state index in [2.05, 4.69) is 21.0 Å². The predicted molar refractivity (Wildman–Crippen MR) is 59.5 cm³/mol. The summed E-state index contributed by atoms with van der Waals surface area (Å²) in [5, 5.41) is 14.1. The molecule has 0 bridgehead atoms. The molecular formula is C10H15BrN2O2. The first-order valence-corrected chi connectivity index (χ1v) is 5.95. The van der Waals surface area contributed by atoms with E-state index in [0.29, 0.717) is 6.42 Å². The Morgan fingerprint density at radius 1 is 1.80 bits per heavy atom. The summed E-state index contributed by atoms with van der Waals surface area (Å²) in [5.41, 5.74) is 0.825. The number of halogens is 1. The van der Waals surface area contributed by atoms with E-state index in [0.717, 1.165) is 29.6 Å². The zero-order chi connectivity index (χ0) is 10.8. The van der Waals surface area contributed by atoms with Crippen LogP contribution in [-0.4, -0.2) is 27.6 Å². The second-order valence-corrected chi connectivity index (χ2v) is 4.74. The van der Waals surface area contributed by atoms with Crippen LogP contribution in [0.1, 0.15) is 31.1 Å². The molecule has 2 heterocycles. The molecule has 1 N–H and O–H groups in total. The molecule has 15 heavy (non-hydrogen) atoms. The maximum absolute atomic E-state index is 10.1. The molecule has 0 amide bonds. The van der Waals surface area contributed by atoms with Crippen molar-refractivity contribution in [1.29, 1.82) is 0 Å². The van der Waals surface area contributed by atoms with Gasteiger partial charge in [-0.1, -0.05) is 0 Å². The Balaban J connectivity index is 2.03. The van der Waals surface area contributed by atoms with Crippen LogP contribution in [0.5, 0.6) is 0 Å². The highest BCUT2D eigenvalue weighted by Gasteiger charge is 2.23. The lowest BCUT2D eigenvalue weighted by atomic mass is 10.1. The third kappa shape index (κ3) is 2.41. The number of rotatable bonds is 3. The first-order chi connectivity index (χ1) is 7.18. The maximum atomic E-state index is 10.1. The van der Waals surface area contributed by atoms with Crippen LogP contribution in [0, 0.1) is 0 Å². The molecule has 1 aromatic rings. The van der Waals surface area contributed by atoms with E-state index >= 15 is 0 Å². The second kappa shape index (κ2) is 4.63. The number of aromatic nitrogens is 2. The van der Waals surface area contributed by atoms with Crippen molar-refractivity contribution in [3.8, 4) is 0 Å². The first kappa shape index (κ1) is 11.1. The number of aryl methyl sites for hydroxylation is 1. The van der Waals surface area contributed by atoms with E-state index in [4.69, 9.17) is 4.74 Å². The number of aliphatic hydroxyl groups excluding tert-OH is 1. The van der Waals surface area contributed by atoms with Gasteiger partial charge in [-0.3, -0.25) is 4.68 Å². The largest absolute Gasteiger partial charge is 0.387 e. The molecule has 2 atom stereocenters. The highest BCUT2D eigenvalue weighted by atomic mass is 79.9. The van der Waals surface area contributed by atoms with Crippen LogP contribution >= 0.6 is 15.9 Å². The Morgan fingerprint density at radius 2 is 2.60 bits per heavy atom. The molecule has 5 heteroatoms. The maximum Gasteiger partial charge on any atom is 0.0992 e. The Morgan fingerprint density at radius 3 is 3.13 bits per heavy atom. The SMILES string of the molecule is Cn1ncc(Br)c1C(O)CC1CCCO1. The minimum absolute atomic E-state index is 0.196. The molecule has 1 saturated heterocycles. The van der Waals surface area contributed by atoms with Gasteiger partial charge >= 0.3 is 0 Å². The zero-order valence-corrected chi connectivity index (χ0v) is 10.3. The predicted octanol–water partition coefficient (Wildman–Crippen LogP) is 1.79. The molecule has 0 radical (unpaired) electrons. The lowest BCUT2D eigenvalue weighted by molar-refractivity contribution is 0.0502. The molecule has 2 unspecified atom stereocenters. The van der Waals surface area contributed by atoms with Gasteiger partial charge in [0, 0.05) is 20.1 Å². The van der Waals surface area contributed by atoms with E-state index in [1.807, 2.05) is 7.05 Å². The van der Waals surface area contributed by atoms with Gasteiger partial charge in [0.25, 0.3) is 0 Å². The van der Waals surface area contributed by atoms with Gasteiger partial charge in [-0.25, -0.2) is 0 Å². The van der Waals surface area contributed by atoms with Gasteiger partial charge in [-0.2, -0.15) is 5.10 Å². The summed E-state index contributed by atoms with van der Waals surface area (Å²) < 4.78 is 8.05. The van der Waals surface area contributed by atoms with Crippen LogP contribution in [0.3, 0.4) is 0 Å². The van der Waals surface area contributed by atoms with Crippen molar-refractivity contribution in [2.24, 2.45) is 7.05 Å². The number of nitrogens with zero attached hydrogens (tertiary/aromatic N) is 2. The molecule has 1 aliphatic rings. The summed E-state index contributed by atoms with van der Waals surface area (Å²) in [5.74, 6) is 0. The molecule has 4 nitrogen and oxygen atoms in total. The molecule has 0 aliphatic carbocycles. The average molecular weight is 275 g/mol. The van der Waals surface area contributed by atoms with Crippen LogP contribution in [0.2, 0.25) is 0 Å². The van der Waals surface area contributed by atoms with Gasteiger partial charge in [-0.05, 0) is 28.8 Å². The van der Waals surface area contributed by atoms with Gasteiger partial charge in [0.1, 0.15) is 0 Å². The van der Waals surface area contributed by atoms with E-state index in [-0.39, 0.29) is 6.10 Å². The summed E-state index contributed by atoms with van der Waals surface area (Å²) in [7, 11) is 1.83. The lowest BCUT2D eigenvalue weighted by Gasteiger charge is -2.15. The molecule has 0 saturated carbocycles. The molecule has 1 fully saturated rings. The topological polar surface area (TPSA) is 47.3 Å². The van der Waals surface area contributed by atoms with Crippen LogP contribution in [0.4, 0.5) is 0 Å². The molecule has 2 rings (SSSR count). The third-order valence-electron chi connectivity index (χ3n) is 2.76. The Hall–Kier alpha value is -0.390. The molecule has 0 spiro atoms. The number of hydrogen-bond donors (Lipinski definition) is 1. The van der Waals surface area contributed by atoms with E-state index < -0.39 is 6.10 Å².